The molecule has 6 heteroatoms. The number of hydrogen-bond acceptors (Lipinski definition) is 6. The normalized spacial score (nSPS) is 12.1. The van der Waals surface area contributed by atoms with Crippen LogP contribution < -0.4 is 14.8 Å². The summed E-state index contributed by atoms with van der Waals surface area (Å²) in [6, 6.07) is 5.72. The van der Waals surface area contributed by atoms with Gasteiger partial charge in [-0.3, -0.25) is 0 Å². The third kappa shape index (κ3) is 3.93. The van der Waals surface area contributed by atoms with Crippen LogP contribution in [0.25, 0.3) is 0 Å². The molecule has 0 amide bonds. The second kappa shape index (κ2) is 7.97. The molecule has 0 bridgehead atoms. The van der Waals surface area contributed by atoms with Gasteiger partial charge in [-0.05, 0) is 18.2 Å². The fraction of sp³-hybridized carbons (Fsp3) is 0.400. The van der Waals surface area contributed by atoms with Gasteiger partial charge in [-0.15, -0.1) is 11.3 Å². The number of thiazole rings is 1. The molecule has 0 saturated heterocycles. The molecule has 21 heavy (non-hydrogen) atoms. The summed E-state index contributed by atoms with van der Waals surface area (Å²) in [6.45, 7) is 1.36. The molecule has 0 aliphatic rings. The number of ether oxygens (including phenoxy) is 3. The van der Waals surface area contributed by atoms with Gasteiger partial charge < -0.3 is 19.5 Å². The molecule has 5 nitrogen and oxygen atoms in total. The Kier molecular flexibility index (Phi) is 5.98. The molecule has 2 rings (SSSR count). The van der Waals surface area contributed by atoms with Crippen molar-refractivity contribution in [3.8, 4) is 11.5 Å². The van der Waals surface area contributed by atoms with Gasteiger partial charge in [0, 0.05) is 30.8 Å². The van der Waals surface area contributed by atoms with E-state index in [0.29, 0.717) is 6.61 Å². The van der Waals surface area contributed by atoms with E-state index >= 15 is 0 Å². The van der Waals surface area contributed by atoms with Gasteiger partial charge in [-0.1, -0.05) is 0 Å². The second-order valence-corrected chi connectivity index (χ2v) is 5.28. The van der Waals surface area contributed by atoms with Crippen molar-refractivity contribution < 1.29 is 14.2 Å². The molecule has 0 spiro atoms. The van der Waals surface area contributed by atoms with E-state index in [1.54, 1.807) is 38.9 Å². The number of nitrogens with one attached hydrogen (secondary N) is 1. The van der Waals surface area contributed by atoms with Crippen molar-refractivity contribution in [1.29, 1.82) is 0 Å². The largest absolute Gasteiger partial charge is 0.497 e. The Morgan fingerprint density at radius 3 is 2.71 bits per heavy atom. The molecule has 1 heterocycles. The van der Waals surface area contributed by atoms with Crippen LogP contribution in [0.4, 0.5) is 0 Å². The molecular weight excluding hydrogens is 288 g/mol. The van der Waals surface area contributed by atoms with Crippen LogP contribution in [0.2, 0.25) is 0 Å². The van der Waals surface area contributed by atoms with Crippen molar-refractivity contribution in [2.75, 3.05) is 34.5 Å². The van der Waals surface area contributed by atoms with Crippen molar-refractivity contribution in [3.05, 3.63) is 40.3 Å². The minimum Gasteiger partial charge on any atom is -0.497 e. The summed E-state index contributed by atoms with van der Waals surface area (Å²) < 4.78 is 15.9. The zero-order valence-corrected chi connectivity index (χ0v) is 13.3. The summed E-state index contributed by atoms with van der Waals surface area (Å²) in [6.07, 6.45) is 1.80. The number of rotatable bonds is 8. The topological polar surface area (TPSA) is 52.6 Å². The number of hydrogen-bond donors (Lipinski definition) is 1. The van der Waals surface area contributed by atoms with Gasteiger partial charge in [0.25, 0.3) is 0 Å². The van der Waals surface area contributed by atoms with E-state index in [-0.39, 0.29) is 6.04 Å². The summed E-state index contributed by atoms with van der Waals surface area (Å²) in [5, 5.41) is 6.40. The highest BCUT2D eigenvalue weighted by molar-refractivity contribution is 7.09. The highest BCUT2D eigenvalue weighted by atomic mass is 32.1. The third-order valence-electron chi connectivity index (χ3n) is 3.10. The molecule has 1 N–H and O–H groups in total. The Morgan fingerprint density at radius 1 is 1.24 bits per heavy atom. The maximum absolute atomic E-state index is 5.48. The van der Waals surface area contributed by atoms with E-state index in [0.717, 1.165) is 28.6 Å². The number of benzene rings is 1. The fourth-order valence-corrected chi connectivity index (χ4v) is 2.81. The molecule has 2 aromatic rings. The molecular formula is C15H20N2O3S. The van der Waals surface area contributed by atoms with Crippen molar-refractivity contribution in [2.24, 2.45) is 0 Å². The monoisotopic (exact) mass is 308 g/mol. The van der Waals surface area contributed by atoms with Crippen LogP contribution >= 0.6 is 11.3 Å². The van der Waals surface area contributed by atoms with Crippen LogP contribution in [0.5, 0.6) is 11.5 Å². The molecule has 0 radical (unpaired) electrons. The summed E-state index contributed by atoms with van der Waals surface area (Å²) >= 11 is 1.61. The van der Waals surface area contributed by atoms with Gasteiger partial charge in [0.2, 0.25) is 0 Å². The van der Waals surface area contributed by atoms with E-state index in [9.17, 15) is 0 Å². The first-order chi connectivity index (χ1) is 10.3. The van der Waals surface area contributed by atoms with Crippen molar-refractivity contribution in [2.45, 2.75) is 6.04 Å². The van der Waals surface area contributed by atoms with Gasteiger partial charge in [0.1, 0.15) is 16.5 Å². The first-order valence-electron chi connectivity index (χ1n) is 6.63. The van der Waals surface area contributed by atoms with Gasteiger partial charge in [-0.25, -0.2) is 4.98 Å². The Labute approximate surface area is 128 Å². The van der Waals surface area contributed by atoms with Crippen molar-refractivity contribution in [1.82, 2.24) is 10.3 Å². The lowest BCUT2D eigenvalue weighted by Gasteiger charge is -2.20. The van der Waals surface area contributed by atoms with E-state index in [1.165, 1.54) is 0 Å². The molecule has 0 aliphatic carbocycles. The lowest BCUT2D eigenvalue weighted by molar-refractivity contribution is 0.197. The van der Waals surface area contributed by atoms with E-state index < -0.39 is 0 Å². The molecule has 0 fully saturated rings. The predicted octanol–water partition coefficient (Wildman–Crippen LogP) is 2.49. The van der Waals surface area contributed by atoms with Crippen LogP contribution in [-0.2, 0) is 4.74 Å². The fourth-order valence-electron chi connectivity index (χ4n) is 2.08. The Hall–Kier alpha value is -1.63. The molecule has 1 aromatic carbocycles. The summed E-state index contributed by atoms with van der Waals surface area (Å²) in [5.41, 5.74) is 1.00. The van der Waals surface area contributed by atoms with Gasteiger partial charge in [-0.2, -0.15) is 0 Å². The van der Waals surface area contributed by atoms with Crippen LogP contribution in [0, 0.1) is 0 Å². The quantitative estimate of drug-likeness (QED) is 0.759. The minimum atomic E-state index is -0.0507. The van der Waals surface area contributed by atoms with Crippen molar-refractivity contribution in [3.63, 3.8) is 0 Å². The highest BCUT2D eigenvalue weighted by Crippen LogP contribution is 2.33. The molecule has 1 unspecified atom stereocenters. The van der Waals surface area contributed by atoms with Crippen LogP contribution in [-0.4, -0.2) is 39.5 Å². The first kappa shape index (κ1) is 15.8. The SMILES string of the molecule is COCCNC(c1nccs1)c1cc(OC)ccc1OC. The van der Waals surface area contributed by atoms with Gasteiger partial charge >= 0.3 is 0 Å². The molecule has 0 aliphatic heterocycles. The van der Waals surface area contributed by atoms with E-state index in [4.69, 9.17) is 14.2 Å². The average molecular weight is 308 g/mol. The number of methoxy groups -OCH3 is 3. The summed E-state index contributed by atoms with van der Waals surface area (Å²) in [7, 11) is 5.01. The second-order valence-electron chi connectivity index (χ2n) is 4.36. The minimum absolute atomic E-state index is 0.0507. The van der Waals surface area contributed by atoms with Crippen LogP contribution in [0.15, 0.2) is 29.8 Å². The zero-order valence-electron chi connectivity index (χ0n) is 12.5. The Morgan fingerprint density at radius 2 is 2.10 bits per heavy atom. The first-order valence-corrected chi connectivity index (χ1v) is 7.51. The molecule has 0 saturated carbocycles. The Bertz CT molecular complexity index is 546. The number of nitrogens with zero attached hydrogens (tertiary/aromatic N) is 1. The van der Waals surface area contributed by atoms with E-state index in [1.807, 2.05) is 23.6 Å². The Balaban J connectivity index is 2.35. The maximum Gasteiger partial charge on any atom is 0.124 e. The summed E-state index contributed by atoms with van der Waals surface area (Å²) in [4.78, 5) is 4.42. The zero-order chi connectivity index (χ0) is 15.1. The molecule has 1 atom stereocenters. The van der Waals surface area contributed by atoms with Crippen molar-refractivity contribution >= 4 is 11.3 Å². The van der Waals surface area contributed by atoms with Crippen LogP contribution in [0.1, 0.15) is 16.6 Å². The number of aromatic nitrogens is 1. The molecule has 114 valence electrons. The van der Waals surface area contributed by atoms with Gasteiger partial charge in [0.05, 0.1) is 26.9 Å². The smallest absolute Gasteiger partial charge is 0.124 e. The lowest BCUT2D eigenvalue weighted by atomic mass is 10.1. The predicted molar refractivity (Wildman–Crippen MR) is 83.4 cm³/mol. The average Bonchev–Trinajstić information content (AvgIpc) is 3.05. The lowest BCUT2D eigenvalue weighted by Crippen LogP contribution is -2.26. The van der Waals surface area contributed by atoms with E-state index in [2.05, 4.69) is 10.3 Å². The molecule has 1 aromatic heterocycles. The van der Waals surface area contributed by atoms with Gasteiger partial charge in [0.15, 0.2) is 0 Å². The highest BCUT2D eigenvalue weighted by Gasteiger charge is 2.20. The summed E-state index contributed by atoms with van der Waals surface area (Å²) in [5.74, 6) is 1.60. The van der Waals surface area contributed by atoms with Crippen LogP contribution in [0.3, 0.4) is 0 Å². The maximum atomic E-state index is 5.48. The third-order valence-corrected chi connectivity index (χ3v) is 3.94. The standard InChI is InChI=1S/C15H20N2O3S/c1-18-8-6-16-14(15-17-7-9-21-15)12-10-11(19-2)4-5-13(12)20-3/h4-5,7,9-10,14,16H,6,8H2,1-3H3.